The fourth-order valence-corrected chi connectivity index (χ4v) is 7.68. The number of carbonyl (C=O) groups is 4. The van der Waals surface area contributed by atoms with Crippen LogP contribution < -0.4 is 34.0 Å². The number of benzene rings is 2. The van der Waals surface area contributed by atoms with Crippen LogP contribution in [0.4, 0.5) is 0 Å². The molecule has 2 aromatic rings. The first-order valence-corrected chi connectivity index (χ1v) is 18.9. The maximum atomic E-state index is 13.4. The SMILES string of the molecule is CC1CCCC(C)[N+]1(C)CC(OC(=O)c1ccccc1)C(=O)OCCCCCOC(=O)C(C[N+]1(C)C(C)CCCC1C)OC(=O)c1ccccc1.[Br-].[Br-]. The molecule has 296 valence electrons. The van der Waals surface area contributed by atoms with Gasteiger partial charge in [-0.2, -0.15) is 0 Å². The van der Waals surface area contributed by atoms with Crippen LogP contribution in [-0.2, 0) is 28.5 Å². The molecule has 0 aromatic heterocycles. The Morgan fingerprint density at radius 2 is 0.887 bits per heavy atom. The molecule has 2 heterocycles. The van der Waals surface area contributed by atoms with E-state index in [2.05, 4.69) is 41.8 Å². The minimum atomic E-state index is -1.03. The number of hydrogen-bond donors (Lipinski definition) is 0. The molecular formula is C41H60Br2N2O8. The number of ether oxygens (including phenoxy) is 4. The highest BCUT2D eigenvalue weighted by atomic mass is 79.9. The Bertz CT molecular complexity index is 1320. The zero-order chi connectivity index (χ0) is 37.0. The van der Waals surface area contributed by atoms with Crippen molar-refractivity contribution in [3.05, 3.63) is 71.8 Å². The summed E-state index contributed by atoms with van der Waals surface area (Å²) in [4.78, 5) is 52.8. The molecule has 53 heavy (non-hydrogen) atoms. The van der Waals surface area contributed by atoms with Gasteiger partial charge in [0.1, 0.15) is 13.1 Å². The number of piperidine rings is 2. The van der Waals surface area contributed by atoms with E-state index in [1.165, 1.54) is 0 Å². The van der Waals surface area contributed by atoms with Gasteiger partial charge in [0.15, 0.2) is 0 Å². The minimum Gasteiger partial charge on any atom is -1.00 e. The number of halogens is 2. The molecule has 2 aliphatic rings. The van der Waals surface area contributed by atoms with Crippen LogP contribution in [0.15, 0.2) is 60.7 Å². The molecule has 0 bridgehead atoms. The Balaban J connectivity index is 0.00000486. The number of unbranched alkanes of at least 4 members (excludes halogenated alkanes) is 2. The van der Waals surface area contributed by atoms with Crippen molar-refractivity contribution in [3.63, 3.8) is 0 Å². The molecule has 2 saturated heterocycles. The van der Waals surface area contributed by atoms with Gasteiger partial charge in [-0.3, -0.25) is 0 Å². The van der Waals surface area contributed by atoms with E-state index in [9.17, 15) is 19.2 Å². The van der Waals surface area contributed by atoms with Gasteiger partial charge in [-0.1, -0.05) is 36.4 Å². The van der Waals surface area contributed by atoms with Crippen LogP contribution in [0.3, 0.4) is 0 Å². The first-order chi connectivity index (χ1) is 24.3. The third-order valence-corrected chi connectivity index (χ3v) is 12.0. The van der Waals surface area contributed by atoms with Gasteiger partial charge in [-0.25, -0.2) is 19.2 Å². The molecule has 10 nitrogen and oxygen atoms in total. The predicted molar refractivity (Wildman–Crippen MR) is 195 cm³/mol. The van der Waals surface area contributed by atoms with E-state index in [1.54, 1.807) is 48.5 Å². The molecule has 12 heteroatoms. The number of carbonyl (C=O) groups excluding carboxylic acids is 4. The molecule has 0 amide bonds. The number of quaternary nitrogens is 2. The smallest absolute Gasteiger partial charge is 0.353 e. The predicted octanol–water partition coefficient (Wildman–Crippen LogP) is 0.517. The van der Waals surface area contributed by atoms with E-state index in [0.29, 0.717) is 76.6 Å². The fourth-order valence-electron chi connectivity index (χ4n) is 7.68. The zero-order valence-electron chi connectivity index (χ0n) is 32.3. The summed E-state index contributed by atoms with van der Waals surface area (Å²) in [6, 6.07) is 18.7. The maximum absolute atomic E-state index is 13.4. The topological polar surface area (TPSA) is 105 Å². The Kier molecular flexibility index (Phi) is 19.2. The van der Waals surface area contributed by atoms with E-state index in [-0.39, 0.29) is 47.2 Å². The third kappa shape index (κ3) is 12.6. The Morgan fingerprint density at radius 1 is 0.566 bits per heavy atom. The van der Waals surface area contributed by atoms with Crippen molar-refractivity contribution in [2.75, 3.05) is 40.4 Å². The molecular weight excluding hydrogens is 808 g/mol. The molecule has 2 aliphatic heterocycles. The second-order valence-corrected chi connectivity index (χ2v) is 15.2. The lowest BCUT2D eigenvalue weighted by molar-refractivity contribution is -0.959. The number of nitrogens with zero attached hydrogens (tertiary/aromatic N) is 2. The van der Waals surface area contributed by atoms with Gasteiger partial charge in [-0.05, 0) is 110 Å². The number of esters is 4. The van der Waals surface area contributed by atoms with Crippen LogP contribution in [0.1, 0.15) is 106 Å². The van der Waals surface area contributed by atoms with Crippen LogP contribution >= 0.6 is 0 Å². The second-order valence-electron chi connectivity index (χ2n) is 15.2. The van der Waals surface area contributed by atoms with Crippen LogP contribution in [0, 0.1) is 0 Å². The zero-order valence-corrected chi connectivity index (χ0v) is 35.5. The third-order valence-electron chi connectivity index (χ3n) is 12.0. The summed E-state index contributed by atoms with van der Waals surface area (Å²) in [6.45, 7) is 9.77. The van der Waals surface area contributed by atoms with Crippen LogP contribution in [0.25, 0.3) is 0 Å². The summed E-state index contributed by atoms with van der Waals surface area (Å²) in [5.74, 6) is -2.18. The molecule has 0 aliphatic carbocycles. The lowest BCUT2D eigenvalue weighted by Crippen LogP contribution is -3.00. The number of likely N-dealkylation sites (tertiary alicyclic amines) is 2. The highest BCUT2D eigenvalue weighted by molar-refractivity contribution is 5.92. The molecule has 2 fully saturated rings. The second kappa shape index (κ2) is 21.9. The molecule has 2 aromatic carbocycles. The molecule has 0 spiro atoms. The molecule has 4 rings (SSSR count). The minimum absolute atomic E-state index is 0. The van der Waals surface area contributed by atoms with Crippen LogP contribution in [-0.4, -0.2) is 110 Å². The first kappa shape index (κ1) is 46.4. The summed E-state index contributed by atoms with van der Waals surface area (Å²) < 4.78 is 24.2. The van der Waals surface area contributed by atoms with E-state index in [0.717, 1.165) is 38.5 Å². The fraction of sp³-hybridized carbons (Fsp3) is 0.610. The van der Waals surface area contributed by atoms with E-state index in [4.69, 9.17) is 18.9 Å². The van der Waals surface area contributed by atoms with Crippen molar-refractivity contribution in [3.8, 4) is 0 Å². The van der Waals surface area contributed by atoms with E-state index >= 15 is 0 Å². The Labute approximate surface area is 337 Å². The highest BCUT2D eigenvalue weighted by Crippen LogP contribution is 2.32. The number of hydrogen-bond acceptors (Lipinski definition) is 8. The maximum Gasteiger partial charge on any atom is 0.353 e. The summed E-state index contributed by atoms with van der Waals surface area (Å²) in [7, 11) is 4.27. The van der Waals surface area contributed by atoms with Crippen LogP contribution in [0.2, 0.25) is 0 Å². The van der Waals surface area contributed by atoms with Crippen molar-refractivity contribution in [2.45, 2.75) is 122 Å². The molecule has 6 unspecified atom stereocenters. The Hall–Kier alpha value is -2.80. The van der Waals surface area contributed by atoms with Gasteiger partial charge in [0.25, 0.3) is 0 Å². The van der Waals surface area contributed by atoms with Gasteiger partial charge < -0.3 is 61.9 Å². The van der Waals surface area contributed by atoms with Gasteiger partial charge >= 0.3 is 23.9 Å². The van der Waals surface area contributed by atoms with Crippen molar-refractivity contribution in [1.29, 1.82) is 0 Å². The number of likely N-dealkylation sites (N-methyl/N-ethyl adjacent to an activating group) is 2. The van der Waals surface area contributed by atoms with E-state index < -0.39 is 36.1 Å². The quantitative estimate of drug-likeness (QED) is 0.104. The van der Waals surface area contributed by atoms with Gasteiger partial charge in [-0.15, -0.1) is 0 Å². The monoisotopic (exact) mass is 866 g/mol. The summed E-state index contributed by atoms with van der Waals surface area (Å²) in [5.41, 5.74) is 0.778. The van der Waals surface area contributed by atoms with Crippen molar-refractivity contribution < 1.29 is 81.1 Å². The lowest BCUT2D eigenvalue weighted by atomic mass is 9.93. The van der Waals surface area contributed by atoms with Crippen molar-refractivity contribution in [1.82, 2.24) is 0 Å². The standard InChI is InChI=1S/C41H60N2O8.2BrH/c1-30-18-16-19-31(2)42(30,5)28-36(50-38(44)34-22-10-7-11-23-34)40(46)48-26-14-9-15-27-49-41(47)37(51-39(45)35-24-12-8-13-25-35)29-43(6)32(3)20-17-21-33(43)4;;/h7-8,10-13,22-25,30-33,36-37H,9,14-21,26-29H2,1-6H3;2*1H/q+2;;/p-2. The van der Waals surface area contributed by atoms with Gasteiger partial charge in [0.2, 0.25) is 12.2 Å². The van der Waals surface area contributed by atoms with Crippen molar-refractivity contribution in [2.24, 2.45) is 0 Å². The first-order valence-electron chi connectivity index (χ1n) is 18.9. The molecule has 6 atom stereocenters. The summed E-state index contributed by atoms with van der Waals surface area (Å²) >= 11 is 0. The molecule has 0 radical (unpaired) electrons. The summed E-state index contributed by atoms with van der Waals surface area (Å²) in [5, 5.41) is 0. The average Bonchev–Trinajstić information content (AvgIpc) is 3.12. The van der Waals surface area contributed by atoms with E-state index in [1.807, 2.05) is 12.1 Å². The molecule has 0 N–H and O–H groups in total. The average molecular weight is 869 g/mol. The van der Waals surface area contributed by atoms with Crippen LogP contribution in [0.5, 0.6) is 0 Å². The molecule has 0 saturated carbocycles. The number of rotatable bonds is 16. The summed E-state index contributed by atoms with van der Waals surface area (Å²) in [6.07, 6.45) is 6.16. The normalized spacial score (nSPS) is 26.4. The van der Waals surface area contributed by atoms with Gasteiger partial charge in [0, 0.05) is 0 Å². The van der Waals surface area contributed by atoms with Gasteiger partial charge in [0.05, 0.1) is 62.6 Å². The lowest BCUT2D eigenvalue weighted by Gasteiger charge is -2.49. The Morgan fingerprint density at radius 3 is 1.21 bits per heavy atom. The highest BCUT2D eigenvalue weighted by Gasteiger charge is 2.45. The van der Waals surface area contributed by atoms with Crippen molar-refractivity contribution >= 4 is 23.9 Å². The largest absolute Gasteiger partial charge is 1.00 e.